The number of hydrogen-bond donors (Lipinski definition) is 1. The van der Waals surface area contributed by atoms with E-state index in [4.69, 9.17) is 6.42 Å². The topological polar surface area (TPSA) is 12.0 Å². The van der Waals surface area contributed by atoms with Gasteiger partial charge in [0.2, 0.25) is 0 Å². The predicted octanol–water partition coefficient (Wildman–Crippen LogP) is 1.88. The van der Waals surface area contributed by atoms with Crippen LogP contribution in [0, 0.1) is 12.3 Å². The minimum Gasteiger partial charge on any atom is -0.303 e. The van der Waals surface area contributed by atoms with E-state index in [9.17, 15) is 0 Å². The minimum absolute atomic E-state index is 0.229. The number of thioether (sulfide) groups is 1. The third-order valence-corrected chi connectivity index (χ3v) is 3.57. The lowest BCUT2D eigenvalue weighted by molar-refractivity contribution is 0.579. The molecule has 2 heteroatoms. The molecule has 2 unspecified atom stereocenters. The van der Waals surface area contributed by atoms with Crippen molar-refractivity contribution in [2.24, 2.45) is 0 Å². The summed E-state index contributed by atoms with van der Waals surface area (Å²) in [6, 6.07) is 0.229. The first kappa shape index (κ1) is 9.95. The lowest BCUT2D eigenvalue weighted by Crippen LogP contribution is -2.32. The zero-order valence-corrected chi connectivity index (χ0v) is 8.49. The summed E-state index contributed by atoms with van der Waals surface area (Å²) in [6.07, 6.45) is 9.41. The molecule has 1 aliphatic rings. The third kappa shape index (κ3) is 3.51. The minimum atomic E-state index is 0.229. The molecule has 1 N–H and O–H groups in total. The van der Waals surface area contributed by atoms with Crippen LogP contribution in [0.3, 0.4) is 0 Å². The van der Waals surface area contributed by atoms with E-state index in [0.717, 1.165) is 11.8 Å². The van der Waals surface area contributed by atoms with Crippen LogP contribution in [-0.2, 0) is 0 Å². The molecule has 0 amide bonds. The maximum Gasteiger partial charge on any atom is 0.0658 e. The number of terminal acetylenes is 1. The molecule has 1 heterocycles. The molecular weight excluding hydrogens is 166 g/mol. The van der Waals surface area contributed by atoms with Crippen molar-refractivity contribution in [3.05, 3.63) is 0 Å². The van der Waals surface area contributed by atoms with Gasteiger partial charge < -0.3 is 5.32 Å². The molecule has 0 spiro atoms. The van der Waals surface area contributed by atoms with Gasteiger partial charge in [-0.2, -0.15) is 11.8 Å². The monoisotopic (exact) mass is 183 g/mol. The van der Waals surface area contributed by atoms with E-state index in [1.165, 1.54) is 25.0 Å². The molecule has 0 aromatic heterocycles. The van der Waals surface area contributed by atoms with Gasteiger partial charge in [0, 0.05) is 11.8 Å². The van der Waals surface area contributed by atoms with Crippen molar-refractivity contribution < 1.29 is 0 Å². The number of nitrogens with one attached hydrogen (secondary N) is 1. The van der Waals surface area contributed by atoms with Gasteiger partial charge in [-0.05, 0) is 25.5 Å². The second kappa shape index (κ2) is 5.50. The van der Waals surface area contributed by atoms with Crippen LogP contribution in [0.4, 0.5) is 0 Å². The van der Waals surface area contributed by atoms with E-state index in [-0.39, 0.29) is 6.04 Å². The molecule has 0 bridgehead atoms. The molecule has 0 aromatic rings. The summed E-state index contributed by atoms with van der Waals surface area (Å²) >= 11 is 2.08. The highest BCUT2D eigenvalue weighted by Crippen LogP contribution is 2.24. The summed E-state index contributed by atoms with van der Waals surface area (Å²) in [7, 11) is 0. The first-order valence-corrected chi connectivity index (χ1v) is 5.69. The zero-order chi connectivity index (χ0) is 8.81. The van der Waals surface area contributed by atoms with Gasteiger partial charge in [-0.15, -0.1) is 6.42 Å². The maximum atomic E-state index is 5.27. The molecule has 1 aliphatic heterocycles. The van der Waals surface area contributed by atoms with Gasteiger partial charge in [0.25, 0.3) is 0 Å². The Balaban J connectivity index is 2.10. The van der Waals surface area contributed by atoms with Crippen LogP contribution < -0.4 is 5.32 Å². The Kier molecular flexibility index (Phi) is 4.57. The molecular formula is C10H17NS. The second-order valence-electron chi connectivity index (χ2n) is 3.29. The van der Waals surface area contributed by atoms with E-state index < -0.39 is 0 Å². The van der Waals surface area contributed by atoms with Crippen molar-refractivity contribution in [1.82, 2.24) is 5.32 Å². The molecule has 1 rings (SSSR count). The van der Waals surface area contributed by atoms with Crippen molar-refractivity contribution in [1.29, 1.82) is 0 Å². The van der Waals surface area contributed by atoms with Gasteiger partial charge in [-0.25, -0.2) is 0 Å². The summed E-state index contributed by atoms with van der Waals surface area (Å²) < 4.78 is 0. The Morgan fingerprint density at radius 2 is 2.50 bits per heavy atom. The van der Waals surface area contributed by atoms with E-state index in [1.54, 1.807) is 0 Å². The molecule has 0 aromatic carbocycles. The van der Waals surface area contributed by atoms with Crippen LogP contribution >= 0.6 is 11.8 Å². The fourth-order valence-corrected chi connectivity index (χ4v) is 2.59. The third-order valence-electron chi connectivity index (χ3n) is 2.18. The van der Waals surface area contributed by atoms with Crippen molar-refractivity contribution in [2.45, 2.75) is 37.5 Å². The average molecular weight is 183 g/mol. The lowest BCUT2D eigenvalue weighted by Gasteiger charge is -2.22. The standard InChI is InChI=1S/C10H17NS/c1-3-9(2)11-8-10-6-4-5-7-12-10/h1,9-11H,4-8H2,2H3. The normalized spacial score (nSPS) is 26.2. The quantitative estimate of drug-likeness (QED) is 0.671. The number of rotatable bonds is 3. The van der Waals surface area contributed by atoms with Gasteiger partial charge in [-0.1, -0.05) is 12.3 Å². The van der Waals surface area contributed by atoms with Crippen LogP contribution in [0.5, 0.6) is 0 Å². The van der Waals surface area contributed by atoms with Crippen LogP contribution in [0.15, 0.2) is 0 Å². The molecule has 2 atom stereocenters. The summed E-state index contributed by atoms with van der Waals surface area (Å²) in [4.78, 5) is 0. The van der Waals surface area contributed by atoms with E-state index in [0.29, 0.717) is 0 Å². The highest BCUT2D eigenvalue weighted by molar-refractivity contribution is 7.99. The molecule has 68 valence electrons. The summed E-state index contributed by atoms with van der Waals surface area (Å²) in [5.41, 5.74) is 0. The van der Waals surface area contributed by atoms with Crippen LogP contribution in [0.25, 0.3) is 0 Å². The van der Waals surface area contributed by atoms with Gasteiger partial charge >= 0.3 is 0 Å². The molecule has 0 radical (unpaired) electrons. The maximum absolute atomic E-state index is 5.27. The average Bonchev–Trinajstić information content (AvgIpc) is 2.16. The highest BCUT2D eigenvalue weighted by Gasteiger charge is 2.13. The molecule has 0 saturated carbocycles. The van der Waals surface area contributed by atoms with Gasteiger partial charge in [0.05, 0.1) is 6.04 Å². The summed E-state index contributed by atoms with van der Waals surface area (Å²) in [6.45, 7) is 3.11. The fourth-order valence-electron chi connectivity index (χ4n) is 1.34. The Morgan fingerprint density at radius 1 is 1.67 bits per heavy atom. The van der Waals surface area contributed by atoms with Crippen LogP contribution in [-0.4, -0.2) is 23.6 Å². The summed E-state index contributed by atoms with van der Waals surface area (Å²) in [5.74, 6) is 4.01. The first-order chi connectivity index (χ1) is 5.83. The Hall–Kier alpha value is -0.130. The van der Waals surface area contributed by atoms with E-state index in [1.807, 2.05) is 6.92 Å². The van der Waals surface area contributed by atoms with Crippen molar-refractivity contribution in [3.8, 4) is 12.3 Å². The van der Waals surface area contributed by atoms with E-state index in [2.05, 4.69) is 23.0 Å². The second-order valence-corrected chi connectivity index (χ2v) is 4.69. The van der Waals surface area contributed by atoms with E-state index >= 15 is 0 Å². The summed E-state index contributed by atoms with van der Waals surface area (Å²) in [5, 5.41) is 4.15. The van der Waals surface area contributed by atoms with Gasteiger partial charge in [0.15, 0.2) is 0 Å². The predicted molar refractivity (Wildman–Crippen MR) is 56.4 cm³/mol. The van der Waals surface area contributed by atoms with Crippen molar-refractivity contribution in [3.63, 3.8) is 0 Å². The lowest BCUT2D eigenvalue weighted by atomic mass is 10.2. The van der Waals surface area contributed by atoms with Crippen LogP contribution in [0.1, 0.15) is 26.2 Å². The van der Waals surface area contributed by atoms with Crippen molar-refractivity contribution in [2.75, 3.05) is 12.3 Å². The SMILES string of the molecule is C#CC(C)NCC1CCCCS1. The Bertz CT molecular complexity index is 156. The van der Waals surface area contributed by atoms with Crippen LogP contribution in [0.2, 0.25) is 0 Å². The Labute approximate surface area is 79.7 Å². The molecule has 1 saturated heterocycles. The molecule has 1 nitrogen and oxygen atoms in total. The number of hydrogen-bond acceptors (Lipinski definition) is 2. The smallest absolute Gasteiger partial charge is 0.0658 e. The zero-order valence-electron chi connectivity index (χ0n) is 7.68. The van der Waals surface area contributed by atoms with Crippen molar-refractivity contribution >= 4 is 11.8 Å². The largest absolute Gasteiger partial charge is 0.303 e. The Morgan fingerprint density at radius 3 is 3.08 bits per heavy atom. The van der Waals surface area contributed by atoms with Gasteiger partial charge in [0.1, 0.15) is 0 Å². The molecule has 12 heavy (non-hydrogen) atoms. The van der Waals surface area contributed by atoms with Gasteiger partial charge in [-0.3, -0.25) is 0 Å². The molecule has 0 aliphatic carbocycles. The highest BCUT2D eigenvalue weighted by atomic mass is 32.2. The fraction of sp³-hybridized carbons (Fsp3) is 0.800. The molecule has 1 fully saturated rings. The first-order valence-electron chi connectivity index (χ1n) is 4.64.